The van der Waals surface area contributed by atoms with Gasteiger partial charge in [0.05, 0.1) is 11.5 Å². The number of carbonyl (C=O) groups is 3. The lowest BCUT2D eigenvalue weighted by Gasteiger charge is -2.42. The first-order chi connectivity index (χ1) is 15.2. The van der Waals surface area contributed by atoms with Gasteiger partial charge in [0, 0.05) is 0 Å². The highest BCUT2D eigenvalue weighted by atomic mass is 19.4. The number of alkyl halides is 3. The zero-order chi connectivity index (χ0) is 25.0. The number of rotatable bonds is 7. The highest BCUT2D eigenvalue weighted by Crippen LogP contribution is 2.43. The minimum absolute atomic E-state index is 0.266. The lowest BCUT2D eigenvalue weighted by molar-refractivity contribution is -0.163. The summed E-state index contributed by atoms with van der Waals surface area (Å²) in [5.74, 6) is -5.33. The van der Waals surface area contributed by atoms with Crippen molar-refractivity contribution in [2.24, 2.45) is 11.3 Å². The second kappa shape index (κ2) is 9.51. The number of nitrogens with one attached hydrogen (secondary N) is 1. The van der Waals surface area contributed by atoms with E-state index >= 15 is 0 Å². The fourth-order valence-corrected chi connectivity index (χ4v) is 3.68. The van der Waals surface area contributed by atoms with Crippen LogP contribution in [-0.4, -0.2) is 28.2 Å². The van der Waals surface area contributed by atoms with Crippen LogP contribution < -0.4 is 5.32 Å². The Morgan fingerprint density at radius 1 is 0.939 bits per heavy atom. The van der Waals surface area contributed by atoms with Crippen LogP contribution in [0.1, 0.15) is 37.5 Å². The Hall–Kier alpha value is -3.56. The number of amides is 1. The highest BCUT2D eigenvalue weighted by molar-refractivity contribution is 5.92. The Morgan fingerprint density at radius 2 is 1.52 bits per heavy atom. The number of alkyl carbamates (subject to hydrolysis) is 1. The molecule has 0 radical (unpaired) electrons. The molecule has 7 nitrogen and oxygen atoms in total. The molecule has 3 N–H and O–H groups in total. The lowest BCUT2D eigenvalue weighted by atomic mass is 9.65. The van der Waals surface area contributed by atoms with Gasteiger partial charge < -0.3 is 20.3 Å². The summed E-state index contributed by atoms with van der Waals surface area (Å²) in [4.78, 5) is 37.4. The molecular weight excluding hydrogens is 443 g/mol. The Morgan fingerprint density at radius 3 is 2.00 bits per heavy atom. The van der Waals surface area contributed by atoms with E-state index in [0.29, 0.717) is 11.6 Å². The average molecular weight is 467 g/mol. The minimum Gasteiger partial charge on any atom is -0.481 e. The van der Waals surface area contributed by atoms with Crippen molar-refractivity contribution < 1.29 is 42.5 Å². The predicted molar refractivity (Wildman–Crippen MR) is 111 cm³/mol. The predicted octanol–water partition coefficient (Wildman–Crippen LogP) is 4.66. The van der Waals surface area contributed by atoms with Crippen LogP contribution in [0.25, 0.3) is 0 Å². The molecule has 0 fully saturated rings. The molecule has 2 atom stereocenters. The van der Waals surface area contributed by atoms with Gasteiger partial charge in [-0.05, 0) is 28.7 Å². The zero-order valence-electron chi connectivity index (χ0n) is 18.1. The van der Waals surface area contributed by atoms with Gasteiger partial charge in [0.25, 0.3) is 0 Å². The third-order valence-corrected chi connectivity index (χ3v) is 5.04. The van der Waals surface area contributed by atoms with E-state index in [1.54, 1.807) is 30.3 Å². The molecular formula is C23H24F3NO6. The molecule has 0 saturated carbocycles. The van der Waals surface area contributed by atoms with Crippen molar-refractivity contribution in [1.82, 2.24) is 5.32 Å². The Kier molecular flexibility index (Phi) is 7.41. The summed E-state index contributed by atoms with van der Waals surface area (Å²) in [6.07, 6.45) is -6.12. The summed E-state index contributed by atoms with van der Waals surface area (Å²) in [5, 5.41) is 22.2. The molecule has 0 spiro atoms. The molecule has 2 aromatic rings. The number of carbonyl (C=O) groups excluding carboxylic acids is 1. The highest BCUT2D eigenvalue weighted by Gasteiger charge is 2.57. The van der Waals surface area contributed by atoms with Crippen LogP contribution >= 0.6 is 0 Å². The molecule has 2 aromatic carbocycles. The monoisotopic (exact) mass is 467 g/mol. The molecule has 2 rings (SSSR count). The second-order valence-corrected chi connectivity index (χ2v) is 8.52. The summed E-state index contributed by atoms with van der Waals surface area (Å²) in [7, 11) is 0. The number of carboxylic acids is 2. The van der Waals surface area contributed by atoms with Crippen LogP contribution in [0.5, 0.6) is 0 Å². The summed E-state index contributed by atoms with van der Waals surface area (Å²) < 4.78 is 45.1. The number of carboxylic acid groups (broad SMARTS) is 2. The SMILES string of the molecule is CC(C)(C)[C@H](C(=O)O)[C@@](NC(=O)OCc1ccccc1)(C(=O)O)c1cccc(C(F)(F)F)c1. The molecule has 0 unspecified atom stereocenters. The summed E-state index contributed by atoms with van der Waals surface area (Å²) in [6.45, 7) is 3.97. The molecule has 0 aliphatic carbocycles. The van der Waals surface area contributed by atoms with Crippen LogP contribution in [0.15, 0.2) is 54.6 Å². The van der Waals surface area contributed by atoms with Crippen molar-refractivity contribution in [3.8, 4) is 0 Å². The molecule has 10 heteroatoms. The Labute approximate surface area is 188 Å². The molecule has 1 amide bonds. The maximum Gasteiger partial charge on any atom is 0.416 e. The molecule has 0 aliphatic heterocycles. The van der Waals surface area contributed by atoms with E-state index in [2.05, 4.69) is 5.32 Å². The average Bonchev–Trinajstić information content (AvgIpc) is 2.70. The molecule has 178 valence electrons. The number of aliphatic carboxylic acids is 2. The molecule has 0 aromatic heterocycles. The third-order valence-electron chi connectivity index (χ3n) is 5.04. The van der Waals surface area contributed by atoms with Crippen LogP contribution in [0.3, 0.4) is 0 Å². The van der Waals surface area contributed by atoms with E-state index in [1.807, 2.05) is 0 Å². The topological polar surface area (TPSA) is 113 Å². The van der Waals surface area contributed by atoms with Crippen molar-refractivity contribution in [1.29, 1.82) is 0 Å². The first kappa shape index (κ1) is 25.7. The van der Waals surface area contributed by atoms with Crippen LogP contribution in [0.2, 0.25) is 0 Å². The first-order valence-electron chi connectivity index (χ1n) is 9.82. The van der Waals surface area contributed by atoms with Crippen LogP contribution in [0, 0.1) is 11.3 Å². The van der Waals surface area contributed by atoms with Gasteiger partial charge in [0.15, 0.2) is 5.54 Å². The van der Waals surface area contributed by atoms with E-state index in [-0.39, 0.29) is 6.61 Å². The standard InChI is InChI=1S/C23H24F3NO6/c1-21(2,3)17(18(28)29)22(19(30)31,15-10-7-11-16(12-15)23(24,25)26)27-20(32)33-13-14-8-5-4-6-9-14/h4-12,17H,13H2,1-3H3,(H,27,32)(H,28,29)(H,30,31)/t17-,22+/m0/s1. The van der Waals surface area contributed by atoms with Gasteiger partial charge in [-0.1, -0.05) is 63.2 Å². The zero-order valence-corrected chi connectivity index (χ0v) is 18.1. The lowest BCUT2D eigenvalue weighted by Crippen LogP contribution is -2.62. The number of benzene rings is 2. The molecule has 0 bridgehead atoms. The Balaban J connectivity index is 2.62. The van der Waals surface area contributed by atoms with E-state index in [4.69, 9.17) is 4.74 Å². The number of hydrogen-bond donors (Lipinski definition) is 3. The Bertz CT molecular complexity index is 1020. The van der Waals surface area contributed by atoms with Gasteiger partial charge in [0.1, 0.15) is 6.61 Å². The third kappa shape index (κ3) is 5.82. The second-order valence-electron chi connectivity index (χ2n) is 8.52. The van der Waals surface area contributed by atoms with E-state index in [0.717, 1.165) is 18.2 Å². The van der Waals surface area contributed by atoms with Crippen molar-refractivity contribution >= 4 is 18.0 Å². The summed E-state index contributed by atoms with van der Waals surface area (Å²) in [6, 6.07) is 11.6. The van der Waals surface area contributed by atoms with Gasteiger partial charge in [0.2, 0.25) is 0 Å². The number of halogens is 3. The van der Waals surface area contributed by atoms with Crippen molar-refractivity contribution in [3.05, 3.63) is 71.3 Å². The molecule has 0 saturated heterocycles. The first-order valence-corrected chi connectivity index (χ1v) is 9.82. The fourth-order valence-electron chi connectivity index (χ4n) is 3.68. The number of ether oxygens (including phenoxy) is 1. The van der Waals surface area contributed by atoms with E-state index < -0.39 is 52.2 Å². The summed E-state index contributed by atoms with van der Waals surface area (Å²) >= 11 is 0. The van der Waals surface area contributed by atoms with Gasteiger partial charge >= 0.3 is 24.2 Å². The van der Waals surface area contributed by atoms with Gasteiger partial charge in [-0.3, -0.25) is 4.79 Å². The summed E-state index contributed by atoms with van der Waals surface area (Å²) in [5.41, 5.74) is -5.24. The van der Waals surface area contributed by atoms with Crippen LogP contribution in [-0.2, 0) is 32.6 Å². The van der Waals surface area contributed by atoms with E-state index in [1.165, 1.54) is 20.8 Å². The quantitative estimate of drug-likeness (QED) is 0.546. The van der Waals surface area contributed by atoms with Crippen molar-refractivity contribution in [2.75, 3.05) is 0 Å². The van der Waals surface area contributed by atoms with E-state index in [9.17, 15) is 37.8 Å². The fraction of sp³-hybridized carbons (Fsp3) is 0.348. The molecule has 33 heavy (non-hydrogen) atoms. The molecule has 0 heterocycles. The normalized spacial score (nSPS) is 14.6. The van der Waals surface area contributed by atoms with Gasteiger partial charge in [-0.25, -0.2) is 9.59 Å². The van der Waals surface area contributed by atoms with Crippen molar-refractivity contribution in [2.45, 2.75) is 39.1 Å². The largest absolute Gasteiger partial charge is 0.481 e. The smallest absolute Gasteiger partial charge is 0.416 e. The maximum absolute atomic E-state index is 13.3. The van der Waals surface area contributed by atoms with Gasteiger partial charge in [-0.2, -0.15) is 13.2 Å². The van der Waals surface area contributed by atoms with Crippen molar-refractivity contribution in [3.63, 3.8) is 0 Å². The maximum atomic E-state index is 13.3. The van der Waals surface area contributed by atoms with Gasteiger partial charge in [-0.15, -0.1) is 0 Å². The minimum atomic E-state index is -4.82. The van der Waals surface area contributed by atoms with Crippen LogP contribution in [0.4, 0.5) is 18.0 Å². The molecule has 0 aliphatic rings. The number of hydrogen-bond acceptors (Lipinski definition) is 4.